The van der Waals surface area contributed by atoms with Gasteiger partial charge in [-0.2, -0.15) is 0 Å². The van der Waals surface area contributed by atoms with Crippen LogP contribution < -0.4 is 4.90 Å². The topological polar surface area (TPSA) is 87.2 Å². The first-order chi connectivity index (χ1) is 20.2. The van der Waals surface area contributed by atoms with Crippen molar-refractivity contribution in [3.63, 3.8) is 0 Å². The third kappa shape index (κ3) is 6.46. The van der Waals surface area contributed by atoms with Crippen LogP contribution in [0.15, 0.2) is 84.9 Å². The normalized spacial score (nSPS) is 16.6. The van der Waals surface area contributed by atoms with Gasteiger partial charge in [0, 0.05) is 29.0 Å². The van der Waals surface area contributed by atoms with Crippen molar-refractivity contribution in [2.75, 3.05) is 18.0 Å². The molecule has 2 unspecified atom stereocenters. The summed E-state index contributed by atoms with van der Waals surface area (Å²) in [6.07, 6.45) is -0.0235. The van der Waals surface area contributed by atoms with E-state index in [0.29, 0.717) is 30.2 Å². The van der Waals surface area contributed by atoms with Crippen LogP contribution >= 0.6 is 34.5 Å². The number of thiophene rings is 1. The van der Waals surface area contributed by atoms with Crippen LogP contribution in [0.1, 0.15) is 38.9 Å². The minimum absolute atomic E-state index is 0.0455. The average Bonchev–Trinajstić information content (AvgIpc) is 3.43. The van der Waals surface area contributed by atoms with E-state index in [9.17, 15) is 19.5 Å². The molecule has 0 aliphatic carbocycles. The van der Waals surface area contributed by atoms with Crippen LogP contribution in [0.2, 0.25) is 10.0 Å². The molecule has 1 aromatic heterocycles. The molecule has 42 heavy (non-hydrogen) atoms. The van der Waals surface area contributed by atoms with E-state index in [1.807, 2.05) is 67.6 Å². The van der Waals surface area contributed by atoms with Crippen molar-refractivity contribution < 1.29 is 24.2 Å². The number of carboxylic acid groups (broad SMARTS) is 1. The zero-order chi connectivity index (χ0) is 29.8. The number of halogens is 2. The number of hydrogen-bond donors (Lipinski definition) is 1. The largest absolute Gasteiger partial charge is 0.477 e. The second kappa shape index (κ2) is 13.0. The Balaban J connectivity index is 1.47. The Morgan fingerprint density at radius 2 is 1.69 bits per heavy atom. The molecular weight excluding hydrogens is 595 g/mol. The molecule has 5 rings (SSSR count). The van der Waals surface area contributed by atoms with Crippen LogP contribution in [-0.2, 0) is 11.3 Å². The Morgan fingerprint density at radius 1 is 1.00 bits per heavy atom. The van der Waals surface area contributed by atoms with Gasteiger partial charge in [0.15, 0.2) is 0 Å². The lowest BCUT2D eigenvalue weighted by molar-refractivity contribution is 0.0702. The van der Waals surface area contributed by atoms with Crippen molar-refractivity contribution in [2.45, 2.75) is 26.0 Å². The van der Waals surface area contributed by atoms with Crippen LogP contribution in [-0.4, -0.2) is 47.1 Å². The van der Waals surface area contributed by atoms with Crippen molar-refractivity contribution >= 4 is 58.2 Å². The summed E-state index contributed by atoms with van der Waals surface area (Å²) in [5.74, 6) is -1.78. The molecule has 1 aliphatic rings. The van der Waals surface area contributed by atoms with Gasteiger partial charge in [0.2, 0.25) is 0 Å². The Morgan fingerprint density at radius 3 is 2.33 bits per heavy atom. The number of carbonyl (C=O) groups is 3. The number of anilines is 1. The van der Waals surface area contributed by atoms with Crippen LogP contribution in [0.3, 0.4) is 0 Å². The highest BCUT2D eigenvalue weighted by Gasteiger charge is 2.39. The second-order valence-corrected chi connectivity index (χ2v) is 12.0. The van der Waals surface area contributed by atoms with Crippen molar-refractivity contribution in [3.05, 3.63) is 111 Å². The second-order valence-electron chi connectivity index (χ2n) is 10.1. The first-order valence-electron chi connectivity index (χ1n) is 13.4. The summed E-state index contributed by atoms with van der Waals surface area (Å²) in [5.41, 5.74) is 2.23. The maximum Gasteiger partial charge on any atom is 0.410 e. The Labute approximate surface area is 257 Å². The third-order valence-electron chi connectivity index (χ3n) is 7.26. The van der Waals surface area contributed by atoms with Gasteiger partial charge in [-0.25, -0.2) is 9.59 Å². The average molecular weight is 624 g/mol. The van der Waals surface area contributed by atoms with Gasteiger partial charge in [0.05, 0.1) is 16.3 Å². The van der Waals surface area contributed by atoms with Gasteiger partial charge in [-0.3, -0.25) is 4.79 Å². The molecule has 2 atom stereocenters. The molecule has 3 aromatic carbocycles. The Bertz CT molecular complexity index is 1600. The van der Waals surface area contributed by atoms with Gasteiger partial charge in [-0.05, 0) is 47.7 Å². The fraction of sp³-hybridized carbons (Fsp3) is 0.219. The zero-order valence-corrected chi connectivity index (χ0v) is 25.0. The van der Waals surface area contributed by atoms with E-state index in [-0.39, 0.29) is 28.0 Å². The monoisotopic (exact) mass is 622 g/mol. The molecule has 0 saturated carbocycles. The lowest BCUT2D eigenvalue weighted by atomic mass is 9.91. The maximum absolute atomic E-state index is 14.2. The zero-order valence-electron chi connectivity index (χ0n) is 22.7. The molecule has 0 bridgehead atoms. The lowest BCUT2D eigenvalue weighted by Gasteiger charge is -2.42. The highest BCUT2D eigenvalue weighted by molar-refractivity contribution is 7.18. The van der Waals surface area contributed by atoms with E-state index in [0.717, 1.165) is 27.3 Å². The van der Waals surface area contributed by atoms with Gasteiger partial charge in [0.1, 0.15) is 11.5 Å². The number of carbonyl (C=O) groups excluding carboxylic acids is 2. The van der Waals surface area contributed by atoms with E-state index in [1.54, 1.807) is 28.0 Å². The fourth-order valence-corrected chi connectivity index (χ4v) is 6.67. The number of carboxylic acids is 1. The molecule has 1 N–H and O–H groups in total. The smallest absolute Gasteiger partial charge is 0.410 e. The van der Waals surface area contributed by atoms with Crippen LogP contribution in [0.25, 0.3) is 10.4 Å². The third-order valence-corrected chi connectivity index (χ3v) is 8.97. The number of aromatic carboxylic acids is 1. The highest BCUT2D eigenvalue weighted by Crippen LogP contribution is 2.41. The number of benzene rings is 3. The molecular formula is C32H28Cl2N2O5S. The number of ether oxygens (including phenoxy) is 1. The van der Waals surface area contributed by atoms with Crippen LogP contribution in [0.4, 0.5) is 10.5 Å². The molecule has 1 fully saturated rings. The highest BCUT2D eigenvalue weighted by atomic mass is 35.5. The van der Waals surface area contributed by atoms with Crippen LogP contribution in [0, 0.1) is 5.92 Å². The molecule has 0 spiro atoms. The van der Waals surface area contributed by atoms with E-state index >= 15 is 0 Å². The first-order valence-corrected chi connectivity index (χ1v) is 15.0. The van der Waals surface area contributed by atoms with Gasteiger partial charge in [-0.1, -0.05) is 90.8 Å². The molecule has 7 nitrogen and oxygen atoms in total. The number of amides is 2. The summed E-state index contributed by atoms with van der Waals surface area (Å²) >= 11 is 13.7. The van der Waals surface area contributed by atoms with E-state index in [2.05, 4.69) is 0 Å². The molecule has 1 saturated heterocycles. The minimum Gasteiger partial charge on any atom is -0.477 e. The number of nitrogens with zero attached hydrogens (tertiary/aromatic N) is 2. The SMILES string of the molecule is CC1CN(C(=O)OCc2ccccc2)CCC1N(C(=O)c1ccc(Cl)cc1Cl)c1cc(-c2ccccc2)sc1C(=O)O. The molecule has 1 aliphatic heterocycles. The van der Waals surface area contributed by atoms with E-state index in [1.165, 1.54) is 6.07 Å². The van der Waals surface area contributed by atoms with E-state index in [4.69, 9.17) is 27.9 Å². The summed E-state index contributed by atoms with van der Waals surface area (Å²) in [6.45, 7) is 2.76. The summed E-state index contributed by atoms with van der Waals surface area (Å²) in [4.78, 5) is 43.6. The number of hydrogen-bond acceptors (Lipinski definition) is 5. The van der Waals surface area contributed by atoms with Crippen molar-refractivity contribution in [1.82, 2.24) is 4.90 Å². The summed E-state index contributed by atoms with van der Waals surface area (Å²) in [6, 6.07) is 24.8. The lowest BCUT2D eigenvalue weighted by Crippen LogP contribution is -2.54. The van der Waals surface area contributed by atoms with Gasteiger partial charge in [0.25, 0.3) is 5.91 Å². The van der Waals surface area contributed by atoms with Gasteiger partial charge >= 0.3 is 12.1 Å². The minimum atomic E-state index is -1.13. The number of likely N-dealkylation sites (tertiary alicyclic amines) is 1. The standard InChI is InChI=1S/C32H28Cl2N2O5S/c1-20-18-35(32(40)41-19-21-8-4-2-5-9-21)15-14-26(20)36(30(37)24-13-12-23(33)16-25(24)34)27-17-28(42-29(27)31(38)39)22-10-6-3-7-11-22/h2-13,16-17,20,26H,14-15,18-19H2,1H3,(H,38,39). The summed E-state index contributed by atoms with van der Waals surface area (Å²) in [7, 11) is 0. The first kappa shape index (κ1) is 29.6. The predicted molar refractivity (Wildman–Crippen MR) is 166 cm³/mol. The maximum atomic E-state index is 14.2. The van der Waals surface area contributed by atoms with E-state index < -0.39 is 24.0 Å². The Hall–Kier alpha value is -3.85. The molecule has 216 valence electrons. The van der Waals surface area contributed by atoms with Crippen molar-refractivity contribution in [1.29, 1.82) is 0 Å². The summed E-state index contributed by atoms with van der Waals surface area (Å²) in [5, 5.41) is 10.8. The van der Waals surface area contributed by atoms with Crippen LogP contribution in [0.5, 0.6) is 0 Å². The number of piperidine rings is 1. The van der Waals surface area contributed by atoms with Crippen molar-refractivity contribution in [3.8, 4) is 10.4 Å². The van der Waals surface area contributed by atoms with Crippen molar-refractivity contribution in [2.24, 2.45) is 5.92 Å². The molecule has 0 radical (unpaired) electrons. The van der Waals surface area contributed by atoms with Gasteiger partial charge in [-0.15, -0.1) is 11.3 Å². The Kier molecular flexibility index (Phi) is 9.16. The number of rotatable bonds is 7. The molecule has 4 aromatic rings. The van der Waals surface area contributed by atoms with Gasteiger partial charge < -0.3 is 19.6 Å². The predicted octanol–water partition coefficient (Wildman–Crippen LogP) is 8.11. The quantitative estimate of drug-likeness (QED) is 0.225. The fourth-order valence-electron chi connectivity index (χ4n) is 5.18. The molecule has 10 heteroatoms. The molecule has 2 heterocycles. The summed E-state index contributed by atoms with van der Waals surface area (Å²) < 4.78 is 5.54. The molecule has 2 amide bonds.